The third-order valence-corrected chi connectivity index (χ3v) is 5.06. The van der Waals surface area contributed by atoms with E-state index in [1.165, 1.54) is 71.2 Å². The maximum absolute atomic E-state index is 3.84. The summed E-state index contributed by atoms with van der Waals surface area (Å²) in [6, 6.07) is 0.753. The largest absolute Gasteiger partial charge is 0.310 e. The molecule has 0 bridgehead atoms. The molecule has 0 aromatic rings. The Hall–Kier alpha value is -0.120. The maximum Gasteiger partial charge on any atom is 0.0309 e. The first-order chi connectivity index (χ1) is 9.19. The van der Waals surface area contributed by atoms with Crippen LogP contribution in [0.25, 0.3) is 0 Å². The molecule has 112 valence electrons. The summed E-state index contributed by atoms with van der Waals surface area (Å²) in [6.45, 7) is 11.0. The second-order valence-corrected chi connectivity index (χ2v) is 6.71. The summed E-state index contributed by atoms with van der Waals surface area (Å²) in [5.74, 6) is 0. The third-order valence-electron chi connectivity index (χ3n) is 5.06. The average Bonchev–Trinajstić information content (AvgIpc) is 2.76. The van der Waals surface area contributed by atoms with E-state index in [9.17, 15) is 0 Å². The first kappa shape index (κ1) is 15.3. The van der Waals surface area contributed by atoms with E-state index in [0.29, 0.717) is 5.54 Å². The molecule has 2 rings (SSSR count). The third kappa shape index (κ3) is 3.93. The molecule has 2 fully saturated rings. The molecule has 0 spiro atoms. The van der Waals surface area contributed by atoms with Gasteiger partial charge in [-0.3, -0.25) is 4.90 Å². The topological polar surface area (TPSA) is 18.5 Å². The number of likely N-dealkylation sites (N-methyl/N-ethyl adjacent to an activating group) is 1. The zero-order valence-electron chi connectivity index (χ0n) is 13.2. The Bertz CT molecular complexity index is 261. The summed E-state index contributed by atoms with van der Waals surface area (Å²) >= 11 is 0. The molecule has 0 radical (unpaired) electrons. The molecule has 0 aromatic heterocycles. The van der Waals surface area contributed by atoms with Crippen molar-refractivity contribution in [3.63, 3.8) is 0 Å². The van der Waals surface area contributed by atoms with Crippen molar-refractivity contribution in [2.45, 2.75) is 64.0 Å². The molecule has 0 aromatic carbocycles. The van der Waals surface area contributed by atoms with E-state index in [4.69, 9.17) is 0 Å². The Kier molecular flexibility index (Phi) is 5.67. The van der Waals surface area contributed by atoms with Crippen molar-refractivity contribution in [1.29, 1.82) is 0 Å². The van der Waals surface area contributed by atoms with Crippen molar-refractivity contribution < 1.29 is 0 Å². The molecule has 2 aliphatic rings. The molecule has 2 unspecified atom stereocenters. The average molecular weight is 267 g/mol. The minimum absolute atomic E-state index is 0.422. The fourth-order valence-electron chi connectivity index (χ4n) is 4.05. The highest BCUT2D eigenvalue weighted by Gasteiger charge is 2.36. The molecule has 2 atom stereocenters. The molecule has 0 amide bonds. The first-order valence-electron chi connectivity index (χ1n) is 8.37. The Labute approximate surface area is 119 Å². The summed E-state index contributed by atoms with van der Waals surface area (Å²) in [5.41, 5.74) is 0.422. The van der Waals surface area contributed by atoms with Crippen LogP contribution in [0.15, 0.2) is 0 Å². The Morgan fingerprint density at radius 2 is 2.05 bits per heavy atom. The molecule has 2 saturated heterocycles. The van der Waals surface area contributed by atoms with E-state index in [1.54, 1.807) is 0 Å². The fraction of sp³-hybridized carbons (Fsp3) is 1.00. The van der Waals surface area contributed by atoms with Gasteiger partial charge in [0.2, 0.25) is 0 Å². The van der Waals surface area contributed by atoms with Crippen LogP contribution < -0.4 is 5.32 Å². The molecule has 3 heteroatoms. The maximum atomic E-state index is 3.84. The van der Waals surface area contributed by atoms with Gasteiger partial charge in [0.25, 0.3) is 0 Å². The highest BCUT2D eigenvalue weighted by molar-refractivity contribution is 4.97. The van der Waals surface area contributed by atoms with Crippen LogP contribution in [0.5, 0.6) is 0 Å². The lowest BCUT2D eigenvalue weighted by atomic mass is 9.90. The number of hydrogen-bond acceptors (Lipinski definition) is 3. The quantitative estimate of drug-likeness (QED) is 0.825. The van der Waals surface area contributed by atoms with Gasteiger partial charge < -0.3 is 10.2 Å². The highest BCUT2D eigenvalue weighted by Crippen LogP contribution is 2.27. The van der Waals surface area contributed by atoms with E-state index in [1.807, 2.05) is 0 Å². The van der Waals surface area contributed by atoms with Gasteiger partial charge in [-0.05, 0) is 58.8 Å². The van der Waals surface area contributed by atoms with E-state index >= 15 is 0 Å². The van der Waals surface area contributed by atoms with Crippen LogP contribution in [-0.4, -0.2) is 61.2 Å². The second kappa shape index (κ2) is 7.05. The Balaban J connectivity index is 2.01. The predicted molar refractivity (Wildman–Crippen MR) is 82.6 cm³/mol. The normalized spacial score (nSPS) is 34.6. The minimum Gasteiger partial charge on any atom is -0.310 e. The highest BCUT2D eigenvalue weighted by atomic mass is 15.3. The van der Waals surface area contributed by atoms with Crippen molar-refractivity contribution in [3.05, 3.63) is 0 Å². The SMILES string of the molecule is CCCC1(CN2CCCN(C)CC2CC)CCCN1. The lowest BCUT2D eigenvalue weighted by Gasteiger charge is -2.39. The molecule has 3 nitrogen and oxygen atoms in total. The number of rotatable bonds is 5. The minimum atomic E-state index is 0.422. The first-order valence-corrected chi connectivity index (χ1v) is 8.37. The molecule has 19 heavy (non-hydrogen) atoms. The van der Waals surface area contributed by atoms with Gasteiger partial charge in [-0.15, -0.1) is 0 Å². The number of nitrogens with zero attached hydrogens (tertiary/aromatic N) is 2. The predicted octanol–water partition coefficient (Wildman–Crippen LogP) is 2.32. The van der Waals surface area contributed by atoms with E-state index in [0.717, 1.165) is 6.04 Å². The van der Waals surface area contributed by atoms with Gasteiger partial charge >= 0.3 is 0 Å². The monoisotopic (exact) mass is 267 g/mol. The van der Waals surface area contributed by atoms with Crippen LogP contribution in [0.1, 0.15) is 52.4 Å². The lowest BCUT2D eigenvalue weighted by Crippen LogP contribution is -2.53. The van der Waals surface area contributed by atoms with E-state index in [2.05, 4.69) is 36.0 Å². The van der Waals surface area contributed by atoms with E-state index < -0.39 is 0 Å². The van der Waals surface area contributed by atoms with Gasteiger partial charge in [0.15, 0.2) is 0 Å². The standard InChI is InChI=1S/C16H33N3/c1-4-8-16(9-6-10-17-16)14-19-12-7-11-18(3)13-15(19)5-2/h15,17H,4-14H2,1-3H3. The van der Waals surface area contributed by atoms with Gasteiger partial charge in [0, 0.05) is 24.7 Å². The van der Waals surface area contributed by atoms with Crippen LogP contribution >= 0.6 is 0 Å². The summed E-state index contributed by atoms with van der Waals surface area (Å²) in [5, 5.41) is 3.84. The molecule has 2 heterocycles. The van der Waals surface area contributed by atoms with Crippen molar-refractivity contribution in [2.75, 3.05) is 39.8 Å². The molecular formula is C16H33N3. The summed E-state index contributed by atoms with van der Waals surface area (Å²) in [4.78, 5) is 5.31. The van der Waals surface area contributed by atoms with Crippen LogP contribution in [-0.2, 0) is 0 Å². The smallest absolute Gasteiger partial charge is 0.0309 e. The van der Waals surface area contributed by atoms with Gasteiger partial charge in [0.05, 0.1) is 0 Å². The van der Waals surface area contributed by atoms with Crippen LogP contribution in [0.2, 0.25) is 0 Å². The summed E-state index contributed by atoms with van der Waals surface area (Å²) in [6.07, 6.45) is 8.00. The number of hydrogen-bond donors (Lipinski definition) is 1. The molecular weight excluding hydrogens is 234 g/mol. The fourth-order valence-corrected chi connectivity index (χ4v) is 4.05. The van der Waals surface area contributed by atoms with Crippen molar-refractivity contribution >= 4 is 0 Å². The van der Waals surface area contributed by atoms with E-state index in [-0.39, 0.29) is 0 Å². The van der Waals surface area contributed by atoms with Crippen LogP contribution in [0.4, 0.5) is 0 Å². The molecule has 2 aliphatic heterocycles. The Morgan fingerprint density at radius 1 is 1.21 bits per heavy atom. The lowest BCUT2D eigenvalue weighted by molar-refractivity contribution is 0.130. The molecule has 0 saturated carbocycles. The zero-order valence-corrected chi connectivity index (χ0v) is 13.2. The van der Waals surface area contributed by atoms with Gasteiger partial charge in [0.1, 0.15) is 0 Å². The van der Waals surface area contributed by atoms with Gasteiger partial charge in [-0.25, -0.2) is 0 Å². The molecule has 0 aliphatic carbocycles. The summed E-state index contributed by atoms with van der Waals surface area (Å²) in [7, 11) is 2.28. The van der Waals surface area contributed by atoms with Crippen molar-refractivity contribution in [2.24, 2.45) is 0 Å². The van der Waals surface area contributed by atoms with Gasteiger partial charge in [-0.2, -0.15) is 0 Å². The molecule has 1 N–H and O–H groups in total. The zero-order chi connectivity index (χ0) is 13.7. The van der Waals surface area contributed by atoms with Gasteiger partial charge in [-0.1, -0.05) is 20.3 Å². The van der Waals surface area contributed by atoms with Crippen molar-refractivity contribution in [1.82, 2.24) is 15.1 Å². The summed E-state index contributed by atoms with van der Waals surface area (Å²) < 4.78 is 0. The van der Waals surface area contributed by atoms with Crippen molar-refractivity contribution in [3.8, 4) is 0 Å². The Morgan fingerprint density at radius 3 is 2.68 bits per heavy atom. The van der Waals surface area contributed by atoms with Crippen LogP contribution in [0.3, 0.4) is 0 Å². The number of nitrogens with one attached hydrogen (secondary N) is 1. The van der Waals surface area contributed by atoms with Crippen LogP contribution in [0, 0.1) is 0 Å². The second-order valence-electron chi connectivity index (χ2n) is 6.71.